The highest BCUT2D eigenvalue weighted by Gasteiger charge is 2.31. The Kier molecular flexibility index (Phi) is 2.82. The molecular formula is C10H4BrClFNO2. The Balaban J connectivity index is 2.43. The molecule has 2 amide bonds. The van der Waals surface area contributed by atoms with Crippen LogP contribution in [0.5, 0.6) is 0 Å². The van der Waals surface area contributed by atoms with E-state index in [1.54, 1.807) is 0 Å². The van der Waals surface area contributed by atoms with E-state index < -0.39 is 17.6 Å². The highest BCUT2D eigenvalue weighted by Crippen LogP contribution is 2.28. The van der Waals surface area contributed by atoms with Gasteiger partial charge in [0.2, 0.25) is 0 Å². The zero-order valence-corrected chi connectivity index (χ0v) is 10.0. The smallest absolute Gasteiger partial charge is 0.269 e. The zero-order valence-electron chi connectivity index (χ0n) is 7.71. The lowest BCUT2D eigenvalue weighted by molar-refractivity contribution is -0.120. The lowest BCUT2D eigenvalue weighted by atomic mass is 10.3. The molecule has 0 atom stereocenters. The summed E-state index contributed by atoms with van der Waals surface area (Å²) in [6.45, 7) is 0. The quantitative estimate of drug-likeness (QED) is 0.748. The van der Waals surface area contributed by atoms with Crippen LogP contribution in [0.3, 0.4) is 0 Å². The Morgan fingerprint density at radius 3 is 2.50 bits per heavy atom. The van der Waals surface area contributed by atoms with E-state index in [0.29, 0.717) is 0 Å². The molecule has 6 heteroatoms. The minimum Gasteiger partial charge on any atom is -0.269 e. The Morgan fingerprint density at radius 1 is 1.31 bits per heavy atom. The first-order valence-electron chi connectivity index (χ1n) is 4.21. The molecule has 1 aliphatic rings. The van der Waals surface area contributed by atoms with Crippen molar-refractivity contribution in [1.29, 1.82) is 0 Å². The number of rotatable bonds is 1. The summed E-state index contributed by atoms with van der Waals surface area (Å²) in [4.78, 5) is 23.9. The summed E-state index contributed by atoms with van der Waals surface area (Å²) in [6, 6.07) is 3.65. The lowest BCUT2D eigenvalue weighted by Gasteiger charge is -2.14. The Labute approximate surface area is 104 Å². The van der Waals surface area contributed by atoms with E-state index in [1.807, 2.05) is 0 Å². The fourth-order valence-corrected chi connectivity index (χ4v) is 1.86. The van der Waals surface area contributed by atoms with E-state index in [9.17, 15) is 14.0 Å². The van der Waals surface area contributed by atoms with Crippen molar-refractivity contribution in [2.24, 2.45) is 0 Å². The molecular weight excluding hydrogens is 300 g/mol. The van der Waals surface area contributed by atoms with Gasteiger partial charge in [0.05, 0.1) is 15.2 Å². The fraction of sp³-hybridized carbons (Fsp3) is 0. The van der Waals surface area contributed by atoms with Crippen molar-refractivity contribution in [3.8, 4) is 0 Å². The van der Waals surface area contributed by atoms with Crippen LogP contribution < -0.4 is 4.90 Å². The van der Waals surface area contributed by atoms with Crippen LogP contribution in [0.15, 0.2) is 28.8 Å². The maximum atomic E-state index is 12.9. The van der Waals surface area contributed by atoms with Gasteiger partial charge in [-0.25, -0.2) is 9.29 Å². The second-order valence-electron chi connectivity index (χ2n) is 3.07. The minimum atomic E-state index is -0.600. The number of imide groups is 1. The Hall–Kier alpha value is -1.20. The van der Waals surface area contributed by atoms with Gasteiger partial charge in [-0.05, 0) is 34.1 Å². The van der Waals surface area contributed by atoms with Gasteiger partial charge >= 0.3 is 0 Å². The second kappa shape index (κ2) is 3.99. The highest BCUT2D eigenvalue weighted by atomic mass is 79.9. The molecule has 0 aliphatic carbocycles. The summed E-state index contributed by atoms with van der Waals surface area (Å²) in [5.41, 5.74) is 0.243. The van der Waals surface area contributed by atoms with Gasteiger partial charge in [0.25, 0.3) is 11.8 Å². The summed E-state index contributed by atoms with van der Waals surface area (Å²) in [7, 11) is 0. The molecule has 1 aromatic carbocycles. The molecule has 1 aromatic rings. The average Bonchev–Trinajstić information content (AvgIpc) is 2.47. The van der Waals surface area contributed by atoms with Crippen LogP contribution in [0.4, 0.5) is 10.1 Å². The van der Waals surface area contributed by atoms with Gasteiger partial charge in [-0.15, -0.1) is 0 Å². The maximum absolute atomic E-state index is 12.9. The van der Waals surface area contributed by atoms with Crippen molar-refractivity contribution in [2.45, 2.75) is 0 Å². The van der Waals surface area contributed by atoms with E-state index in [0.717, 1.165) is 17.0 Å². The van der Waals surface area contributed by atoms with Crippen LogP contribution in [0.2, 0.25) is 5.02 Å². The van der Waals surface area contributed by atoms with Crippen LogP contribution in [-0.2, 0) is 9.59 Å². The molecule has 1 heterocycles. The number of benzene rings is 1. The van der Waals surface area contributed by atoms with E-state index in [-0.39, 0.29) is 15.2 Å². The van der Waals surface area contributed by atoms with E-state index in [1.165, 1.54) is 12.1 Å². The lowest BCUT2D eigenvalue weighted by Crippen LogP contribution is -2.30. The van der Waals surface area contributed by atoms with E-state index >= 15 is 0 Å². The molecule has 0 bridgehead atoms. The zero-order chi connectivity index (χ0) is 11.9. The molecule has 0 radical (unpaired) electrons. The molecule has 2 rings (SSSR count). The summed E-state index contributed by atoms with van der Waals surface area (Å²) in [5, 5.41) is -0.138. The monoisotopic (exact) mass is 303 g/mol. The summed E-state index contributed by atoms with van der Waals surface area (Å²) >= 11 is 8.53. The number of carbonyl (C=O) groups is 2. The normalized spacial score (nSPS) is 15.7. The molecule has 0 fully saturated rings. The molecule has 3 nitrogen and oxygen atoms in total. The third kappa shape index (κ3) is 1.76. The predicted octanol–water partition coefficient (Wildman–Crippen LogP) is 2.63. The third-order valence-electron chi connectivity index (χ3n) is 2.04. The number of anilines is 1. The van der Waals surface area contributed by atoms with Crippen molar-refractivity contribution >= 4 is 45.0 Å². The summed E-state index contributed by atoms with van der Waals surface area (Å²) in [6.07, 6.45) is 1.15. The first kappa shape index (κ1) is 11.3. The average molecular weight is 305 g/mol. The van der Waals surface area contributed by atoms with E-state index in [2.05, 4.69) is 15.9 Å². The van der Waals surface area contributed by atoms with Gasteiger partial charge in [0.15, 0.2) is 0 Å². The predicted molar refractivity (Wildman–Crippen MR) is 60.9 cm³/mol. The standard InChI is InChI=1S/C10H4BrClFNO2/c11-6-4-9(15)14(10(6)16)5-1-2-8(13)7(12)3-5/h1-4H. The van der Waals surface area contributed by atoms with Gasteiger partial charge in [-0.3, -0.25) is 9.59 Å². The number of amides is 2. The van der Waals surface area contributed by atoms with Crippen molar-refractivity contribution in [3.63, 3.8) is 0 Å². The first-order valence-corrected chi connectivity index (χ1v) is 5.38. The number of hydrogen-bond acceptors (Lipinski definition) is 2. The van der Waals surface area contributed by atoms with Crippen LogP contribution in [-0.4, -0.2) is 11.8 Å². The SMILES string of the molecule is O=C1C=C(Br)C(=O)N1c1ccc(F)c(Cl)c1. The first-order chi connectivity index (χ1) is 7.50. The van der Waals surface area contributed by atoms with Crippen LogP contribution in [0.25, 0.3) is 0 Å². The van der Waals surface area contributed by atoms with Crippen molar-refractivity contribution in [1.82, 2.24) is 0 Å². The van der Waals surface area contributed by atoms with Crippen molar-refractivity contribution in [3.05, 3.63) is 39.6 Å². The van der Waals surface area contributed by atoms with Gasteiger partial charge < -0.3 is 0 Å². The van der Waals surface area contributed by atoms with Crippen LogP contribution in [0, 0.1) is 5.82 Å². The number of hydrogen-bond donors (Lipinski definition) is 0. The molecule has 1 aliphatic heterocycles. The number of nitrogens with zero attached hydrogens (tertiary/aromatic N) is 1. The molecule has 0 unspecified atom stereocenters. The molecule has 0 aromatic heterocycles. The molecule has 0 saturated heterocycles. The fourth-order valence-electron chi connectivity index (χ4n) is 1.31. The largest absolute Gasteiger partial charge is 0.272 e. The van der Waals surface area contributed by atoms with Gasteiger partial charge in [0, 0.05) is 6.08 Å². The van der Waals surface area contributed by atoms with E-state index in [4.69, 9.17) is 11.6 Å². The highest BCUT2D eigenvalue weighted by molar-refractivity contribution is 9.12. The molecule has 0 saturated carbocycles. The number of carbonyl (C=O) groups excluding carboxylic acids is 2. The topological polar surface area (TPSA) is 37.4 Å². The third-order valence-corrected chi connectivity index (χ3v) is 2.90. The summed E-state index contributed by atoms with van der Waals surface area (Å²) in [5.74, 6) is -1.58. The minimum absolute atomic E-state index is 0.138. The maximum Gasteiger partial charge on any atom is 0.272 e. The Morgan fingerprint density at radius 2 is 2.00 bits per heavy atom. The van der Waals surface area contributed by atoms with Crippen molar-refractivity contribution in [2.75, 3.05) is 4.90 Å². The van der Waals surface area contributed by atoms with Gasteiger partial charge in [-0.1, -0.05) is 11.6 Å². The molecule has 0 spiro atoms. The second-order valence-corrected chi connectivity index (χ2v) is 4.33. The molecule has 82 valence electrons. The Bertz CT molecular complexity index is 530. The molecule has 0 N–H and O–H groups in total. The van der Waals surface area contributed by atoms with Gasteiger partial charge in [-0.2, -0.15) is 0 Å². The number of halogens is 3. The van der Waals surface area contributed by atoms with Crippen molar-refractivity contribution < 1.29 is 14.0 Å². The molecule has 16 heavy (non-hydrogen) atoms. The van der Waals surface area contributed by atoms with Crippen LogP contribution in [0.1, 0.15) is 0 Å². The van der Waals surface area contributed by atoms with Crippen LogP contribution >= 0.6 is 27.5 Å². The van der Waals surface area contributed by atoms with Gasteiger partial charge in [0.1, 0.15) is 5.82 Å². The summed E-state index contributed by atoms with van der Waals surface area (Å²) < 4.78 is 13.1.